The van der Waals surface area contributed by atoms with Gasteiger partial charge < -0.3 is 5.11 Å². The van der Waals surface area contributed by atoms with Crippen molar-refractivity contribution in [1.29, 1.82) is 0 Å². The van der Waals surface area contributed by atoms with Gasteiger partial charge >= 0.3 is 0 Å². The number of aldehydes is 1. The second kappa shape index (κ2) is 3.47. The second-order valence-corrected chi connectivity index (χ2v) is 2.59. The smallest absolute Gasteiger partial charge is 0.281 e. The van der Waals surface area contributed by atoms with E-state index in [1.54, 1.807) is 13.8 Å². The molecule has 1 N–H and O–H groups in total. The maximum absolute atomic E-state index is 11.4. The molecule has 0 unspecified atom stereocenters. The first-order valence-electron chi connectivity index (χ1n) is 4.15. The predicted molar refractivity (Wildman–Crippen MR) is 47.1 cm³/mol. The van der Waals surface area contributed by atoms with Gasteiger partial charge in [0.25, 0.3) is 5.56 Å². The highest BCUT2D eigenvalue weighted by atomic mass is 16.3. The van der Waals surface area contributed by atoms with Crippen LogP contribution in [0.2, 0.25) is 0 Å². The molecule has 0 aliphatic heterocycles. The van der Waals surface area contributed by atoms with Crippen molar-refractivity contribution in [3.63, 3.8) is 0 Å². The highest BCUT2D eigenvalue weighted by Crippen LogP contribution is 2.11. The molecule has 72 valence electrons. The Bertz CT molecular complexity index is 375. The lowest BCUT2D eigenvalue weighted by molar-refractivity contribution is 0.111. The highest BCUT2D eigenvalue weighted by molar-refractivity contribution is 5.77. The first-order valence-corrected chi connectivity index (χ1v) is 4.15. The monoisotopic (exact) mass is 184 g/mol. The molecule has 1 rings (SSSR count). The molecule has 1 aromatic rings. The molecule has 13 heavy (non-hydrogen) atoms. The average molecular weight is 184 g/mol. The minimum Gasteiger partial charge on any atom is -0.493 e. The Morgan fingerprint density at radius 2 is 1.85 bits per heavy atom. The Hall–Kier alpha value is -1.52. The quantitative estimate of drug-likeness (QED) is 0.683. The summed E-state index contributed by atoms with van der Waals surface area (Å²) < 4.78 is 2.71. The van der Waals surface area contributed by atoms with Crippen LogP contribution in [0.3, 0.4) is 0 Å². The van der Waals surface area contributed by atoms with Crippen molar-refractivity contribution in [2.45, 2.75) is 26.9 Å². The Balaban J connectivity index is 3.51. The summed E-state index contributed by atoms with van der Waals surface area (Å²) in [7, 11) is 0. The number of aromatic nitrogens is 2. The SMILES string of the molecule is CCn1c(O)c(C=O)c(=O)n1CC. The molecule has 5 heteroatoms. The van der Waals surface area contributed by atoms with Crippen LogP contribution in [0.4, 0.5) is 0 Å². The standard InChI is InChI=1S/C8H12N2O3/c1-3-9-7(12)6(5-11)8(13)10(9)4-2/h5,12H,3-4H2,1-2H3. The van der Waals surface area contributed by atoms with Crippen molar-refractivity contribution in [2.75, 3.05) is 0 Å². The van der Waals surface area contributed by atoms with Gasteiger partial charge in [0, 0.05) is 13.1 Å². The lowest BCUT2D eigenvalue weighted by Gasteiger charge is -2.06. The molecule has 0 saturated heterocycles. The van der Waals surface area contributed by atoms with E-state index in [0.717, 1.165) is 0 Å². The van der Waals surface area contributed by atoms with E-state index in [0.29, 0.717) is 19.4 Å². The third-order valence-electron chi connectivity index (χ3n) is 1.96. The summed E-state index contributed by atoms with van der Waals surface area (Å²) in [6.45, 7) is 4.47. The van der Waals surface area contributed by atoms with E-state index in [4.69, 9.17) is 0 Å². The van der Waals surface area contributed by atoms with Crippen LogP contribution in [0.15, 0.2) is 4.79 Å². The van der Waals surface area contributed by atoms with Crippen LogP contribution in [0.5, 0.6) is 5.88 Å². The molecule has 0 fully saturated rings. The summed E-state index contributed by atoms with van der Waals surface area (Å²) >= 11 is 0. The summed E-state index contributed by atoms with van der Waals surface area (Å²) in [5.41, 5.74) is -0.597. The van der Waals surface area contributed by atoms with Crippen LogP contribution in [-0.4, -0.2) is 20.8 Å². The van der Waals surface area contributed by atoms with E-state index in [1.165, 1.54) is 9.36 Å². The molecule has 0 aromatic carbocycles. The first kappa shape index (κ1) is 9.57. The van der Waals surface area contributed by atoms with E-state index in [-0.39, 0.29) is 11.4 Å². The zero-order valence-electron chi connectivity index (χ0n) is 7.65. The molecule has 0 saturated carbocycles. The molecule has 0 aliphatic rings. The number of nitrogens with zero attached hydrogens (tertiary/aromatic N) is 2. The molecule has 0 spiro atoms. The maximum atomic E-state index is 11.4. The van der Waals surface area contributed by atoms with E-state index < -0.39 is 5.56 Å². The van der Waals surface area contributed by atoms with Crippen LogP contribution in [-0.2, 0) is 13.1 Å². The molecule has 0 amide bonds. The zero-order valence-corrected chi connectivity index (χ0v) is 7.65. The van der Waals surface area contributed by atoms with E-state index in [1.807, 2.05) is 0 Å². The van der Waals surface area contributed by atoms with E-state index in [2.05, 4.69) is 0 Å². The molecule has 0 bridgehead atoms. The first-order chi connectivity index (χ1) is 6.17. The Morgan fingerprint density at radius 3 is 2.15 bits per heavy atom. The molecule has 1 heterocycles. The molecule has 5 nitrogen and oxygen atoms in total. The minimum absolute atomic E-state index is 0.163. The van der Waals surface area contributed by atoms with Crippen molar-refractivity contribution in [2.24, 2.45) is 0 Å². The Kier molecular flexibility index (Phi) is 2.55. The summed E-state index contributed by atoms with van der Waals surface area (Å²) in [6, 6.07) is 0. The fourth-order valence-electron chi connectivity index (χ4n) is 1.34. The second-order valence-electron chi connectivity index (χ2n) is 2.59. The summed E-state index contributed by atoms with van der Waals surface area (Å²) in [5.74, 6) is -0.246. The molecule has 0 atom stereocenters. The van der Waals surface area contributed by atoms with Crippen molar-refractivity contribution < 1.29 is 9.90 Å². The molecular formula is C8H12N2O3. The number of rotatable bonds is 3. The lowest BCUT2D eigenvalue weighted by atomic mass is 10.4. The molecular weight excluding hydrogens is 172 g/mol. The van der Waals surface area contributed by atoms with Crippen LogP contribution in [0.25, 0.3) is 0 Å². The third kappa shape index (κ3) is 1.26. The zero-order chi connectivity index (χ0) is 10.0. The number of hydrogen-bond acceptors (Lipinski definition) is 3. The van der Waals surface area contributed by atoms with Gasteiger partial charge in [-0.15, -0.1) is 0 Å². The van der Waals surface area contributed by atoms with Gasteiger partial charge in [0.15, 0.2) is 6.29 Å². The lowest BCUT2D eigenvalue weighted by Crippen LogP contribution is -2.22. The summed E-state index contributed by atoms with van der Waals surface area (Å²) in [5, 5.41) is 9.43. The van der Waals surface area contributed by atoms with Gasteiger partial charge in [-0.25, -0.2) is 4.68 Å². The van der Waals surface area contributed by atoms with Crippen LogP contribution >= 0.6 is 0 Å². The predicted octanol–water partition coefficient (Wildman–Crippen LogP) is 0.208. The summed E-state index contributed by atoms with van der Waals surface area (Å²) in [6.07, 6.45) is 0.385. The van der Waals surface area contributed by atoms with Gasteiger partial charge in [-0.3, -0.25) is 14.3 Å². The number of aromatic hydroxyl groups is 1. The van der Waals surface area contributed by atoms with Crippen molar-refractivity contribution in [3.8, 4) is 5.88 Å². The van der Waals surface area contributed by atoms with Gasteiger partial charge in [-0.2, -0.15) is 0 Å². The van der Waals surface area contributed by atoms with Crippen molar-refractivity contribution >= 4 is 6.29 Å². The summed E-state index contributed by atoms with van der Waals surface area (Å²) in [4.78, 5) is 21.8. The van der Waals surface area contributed by atoms with Gasteiger partial charge in [0.1, 0.15) is 5.56 Å². The molecule has 0 aliphatic carbocycles. The van der Waals surface area contributed by atoms with Crippen molar-refractivity contribution in [3.05, 3.63) is 15.9 Å². The van der Waals surface area contributed by atoms with Gasteiger partial charge in [-0.05, 0) is 13.8 Å². The Morgan fingerprint density at radius 1 is 1.31 bits per heavy atom. The minimum atomic E-state index is -0.433. The normalized spacial score (nSPS) is 10.3. The maximum Gasteiger partial charge on any atom is 0.281 e. The third-order valence-corrected chi connectivity index (χ3v) is 1.96. The number of carbonyl (C=O) groups excluding carboxylic acids is 1. The number of carbonyl (C=O) groups is 1. The average Bonchev–Trinajstić information content (AvgIpc) is 2.36. The van der Waals surface area contributed by atoms with Gasteiger partial charge in [0.2, 0.25) is 5.88 Å². The van der Waals surface area contributed by atoms with Crippen LogP contribution in [0.1, 0.15) is 24.2 Å². The van der Waals surface area contributed by atoms with Gasteiger partial charge in [-0.1, -0.05) is 0 Å². The van der Waals surface area contributed by atoms with Gasteiger partial charge in [0.05, 0.1) is 0 Å². The number of hydrogen-bond donors (Lipinski definition) is 1. The fourth-order valence-corrected chi connectivity index (χ4v) is 1.34. The van der Waals surface area contributed by atoms with Crippen molar-refractivity contribution in [1.82, 2.24) is 9.36 Å². The Labute approximate surface area is 75.2 Å². The molecule has 1 aromatic heterocycles. The van der Waals surface area contributed by atoms with E-state index in [9.17, 15) is 14.7 Å². The fraction of sp³-hybridized carbons (Fsp3) is 0.500. The van der Waals surface area contributed by atoms with Crippen LogP contribution in [0, 0.1) is 0 Å². The highest BCUT2D eigenvalue weighted by Gasteiger charge is 2.16. The largest absolute Gasteiger partial charge is 0.493 e. The van der Waals surface area contributed by atoms with E-state index >= 15 is 0 Å². The van der Waals surface area contributed by atoms with Crippen LogP contribution < -0.4 is 5.56 Å². The molecule has 0 radical (unpaired) electrons. The topological polar surface area (TPSA) is 64.2 Å².